The number of hydrogen-bond donors (Lipinski definition) is 1. The zero-order valence-electron chi connectivity index (χ0n) is 7.88. The maximum Gasteiger partial charge on any atom is 0.119 e. The minimum atomic E-state index is -1.57. The van der Waals surface area contributed by atoms with Crippen molar-refractivity contribution in [2.24, 2.45) is 0 Å². The first-order chi connectivity index (χ1) is 7.20. The fourth-order valence-corrected chi connectivity index (χ4v) is 1.62. The van der Waals surface area contributed by atoms with Gasteiger partial charge in [-0.25, -0.2) is 0 Å². The third-order valence-corrected chi connectivity index (χ3v) is 2.34. The Morgan fingerprint density at radius 3 is 2.53 bits per heavy atom. The molecule has 0 saturated carbocycles. The molecule has 3 heteroatoms. The van der Waals surface area contributed by atoms with Gasteiger partial charge in [-0.05, 0) is 16.3 Å². The lowest BCUT2D eigenvalue weighted by Crippen LogP contribution is -2.29. The first-order valence-corrected chi connectivity index (χ1v) is 4.57. The molecule has 3 nitrogen and oxygen atoms in total. The second-order valence-corrected chi connectivity index (χ2v) is 3.29. The SMILES string of the molecule is O=C([O-])C(O)c1cccc2ccccc12. The summed E-state index contributed by atoms with van der Waals surface area (Å²) < 4.78 is 0. The van der Waals surface area contributed by atoms with E-state index in [4.69, 9.17) is 0 Å². The molecule has 15 heavy (non-hydrogen) atoms. The van der Waals surface area contributed by atoms with Crippen LogP contribution >= 0.6 is 0 Å². The van der Waals surface area contributed by atoms with Crippen LogP contribution in [0.15, 0.2) is 42.5 Å². The second kappa shape index (κ2) is 3.71. The van der Waals surface area contributed by atoms with E-state index >= 15 is 0 Å². The zero-order valence-corrected chi connectivity index (χ0v) is 7.88. The Kier molecular flexibility index (Phi) is 2.39. The van der Waals surface area contributed by atoms with Gasteiger partial charge >= 0.3 is 0 Å². The van der Waals surface area contributed by atoms with E-state index in [0.29, 0.717) is 5.56 Å². The molecular weight excluding hydrogens is 192 g/mol. The summed E-state index contributed by atoms with van der Waals surface area (Å²) in [4.78, 5) is 10.6. The van der Waals surface area contributed by atoms with E-state index < -0.39 is 12.1 Å². The minimum Gasteiger partial charge on any atom is -0.547 e. The molecule has 0 heterocycles. The van der Waals surface area contributed by atoms with Gasteiger partial charge in [0.15, 0.2) is 0 Å². The number of carboxylic acids is 1. The van der Waals surface area contributed by atoms with Crippen molar-refractivity contribution >= 4 is 16.7 Å². The van der Waals surface area contributed by atoms with E-state index in [0.717, 1.165) is 10.8 Å². The Balaban J connectivity index is 2.65. The third kappa shape index (κ3) is 1.69. The summed E-state index contributed by atoms with van der Waals surface area (Å²) in [6, 6.07) is 12.5. The van der Waals surface area contributed by atoms with Crippen LogP contribution < -0.4 is 5.11 Å². The van der Waals surface area contributed by atoms with Gasteiger partial charge in [0.2, 0.25) is 0 Å². The molecule has 0 fully saturated rings. The summed E-state index contributed by atoms with van der Waals surface area (Å²) in [6.45, 7) is 0. The van der Waals surface area contributed by atoms with Gasteiger partial charge in [0.25, 0.3) is 0 Å². The Hall–Kier alpha value is -1.87. The molecule has 0 spiro atoms. The van der Waals surface area contributed by atoms with Gasteiger partial charge in [-0.15, -0.1) is 0 Å². The van der Waals surface area contributed by atoms with Crippen LogP contribution in [0.5, 0.6) is 0 Å². The van der Waals surface area contributed by atoms with Crippen LogP contribution in [0.4, 0.5) is 0 Å². The zero-order chi connectivity index (χ0) is 10.8. The van der Waals surface area contributed by atoms with Crippen molar-refractivity contribution in [2.45, 2.75) is 6.10 Å². The lowest BCUT2D eigenvalue weighted by Gasteiger charge is -2.14. The molecule has 1 N–H and O–H groups in total. The largest absolute Gasteiger partial charge is 0.547 e. The molecule has 2 aromatic carbocycles. The number of fused-ring (bicyclic) bond motifs is 1. The van der Waals surface area contributed by atoms with E-state index in [9.17, 15) is 15.0 Å². The lowest BCUT2D eigenvalue weighted by molar-refractivity contribution is -0.315. The van der Waals surface area contributed by atoms with Gasteiger partial charge in [-0.1, -0.05) is 42.5 Å². The van der Waals surface area contributed by atoms with E-state index in [1.54, 1.807) is 24.3 Å². The average Bonchev–Trinajstić information content (AvgIpc) is 2.27. The fourth-order valence-electron chi connectivity index (χ4n) is 1.62. The van der Waals surface area contributed by atoms with Crippen molar-refractivity contribution in [3.63, 3.8) is 0 Å². The number of aliphatic hydroxyl groups is 1. The summed E-state index contributed by atoms with van der Waals surface area (Å²) in [5.74, 6) is -1.48. The molecule has 0 aliphatic heterocycles. The predicted molar refractivity (Wildman–Crippen MR) is 53.9 cm³/mol. The van der Waals surface area contributed by atoms with Crippen molar-refractivity contribution in [1.29, 1.82) is 0 Å². The maximum absolute atomic E-state index is 10.6. The Morgan fingerprint density at radius 1 is 1.13 bits per heavy atom. The maximum atomic E-state index is 10.6. The van der Waals surface area contributed by atoms with Crippen LogP contribution in [0, 0.1) is 0 Å². The number of hydrogen-bond acceptors (Lipinski definition) is 3. The molecule has 1 atom stereocenters. The summed E-state index contributed by atoms with van der Waals surface area (Å²) in [5, 5.41) is 21.6. The molecule has 0 radical (unpaired) electrons. The highest BCUT2D eigenvalue weighted by Crippen LogP contribution is 2.23. The molecule has 2 rings (SSSR count). The van der Waals surface area contributed by atoms with Gasteiger partial charge in [0.05, 0.1) is 5.97 Å². The molecule has 0 aliphatic carbocycles. The third-order valence-electron chi connectivity index (χ3n) is 2.34. The number of aliphatic hydroxyl groups excluding tert-OH is 1. The number of carbonyl (C=O) groups excluding carboxylic acids is 1. The first kappa shape index (κ1) is 9.68. The molecule has 0 amide bonds. The number of carboxylic acid groups (broad SMARTS) is 1. The van der Waals surface area contributed by atoms with Crippen LogP contribution in [-0.2, 0) is 4.79 Å². The van der Waals surface area contributed by atoms with Gasteiger partial charge in [-0.3, -0.25) is 0 Å². The molecule has 2 aromatic rings. The Labute approximate surface area is 86.6 Å². The number of carbonyl (C=O) groups is 1. The van der Waals surface area contributed by atoms with Crippen LogP contribution in [0.25, 0.3) is 10.8 Å². The molecular formula is C12H9O3-. The van der Waals surface area contributed by atoms with E-state index in [1.807, 2.05) is 18.2 Å². The Morgan fingerprint density at radius 2 is 1.80 bits per heavy atom. The first-order valence-electron chi connectivity index (χ1n) is 4.57. The minimum absolute atomic E-state index is 0.369. The highest BCUT2D eigenvalue weighted by atomic mass is 16.4. The molecule has 0 bridgehead atoms. The number of aliphatic carboxylic acids is 1. The second-order valence-electron chi connectivity index (χ2n) is 3.29. The van der Waals surface area contributed by atoms with Gasteiger partial charge in [0, 0.05) is 0 Å². The molecule has 1 unspecified atom stereocenters. The van der Waals surface area contributed by atoms with Crippen molar-refractivity contribution in [1.82, 2.24) is 0 Å². The standard InChI is InChI=1S/C12H10O3/c13-11(12(14)15)10-7-3-5-8-4-1-2-6-9(8)10/h1-7,11,13H,(H,14,15)/p-1. The van der Waals surface area contributed by atoms with Gasteiger partial charge in [0.1, 0.15) is 6.10 Å². The fraction of sp³-hybridized carbons (Fsp3) is 0.0833. The Bertz CT molecular complexity index is 500. The summed E-state index contributed by atoms with van der Waals surface area (Å²) in [5.41, 5.74) is 0.369. The van der Waals surface area contributed by atoms with E-state index in [2.05, 4.69) is 0 Å². The van der Waals surface area contributed by atoms with Crippen LogP contribution in [0.3, 0.4) is 0 Å². The average molecular weight is 201 g/mol. The number of rotatable bonds is 2. The monoisotopic (exact) mass is 201 g/mol. The normalized spacial score (nSPS) is 12.6. The van der Waals surface area contributed by atoms with Crippen LogP contribution in [0.1, 0.15) is 11.7 Å². The van der Waals surface area contributed by atoms with Crippen LogP contribution in [-0.4, -0.2) is 11.1 Å². The highest BCUT2D eigenvalue weighted by Gasteiger charge is 2.10. The highest BCUT2D eigenvalue weighted by molar-refractivity contribution is 5.89. The van der Waals surface area contributed by atoms with Gasteiger partial charge < -0.3 is 15.0 Å². The van der Waals surface area contributed by atoms with Crippen molar-refractivity contribution < 1.29 is 15.0 Å². The van der Waals surface area contributed by atoms with E-state index in [-0.39, 0.29) is 0 Å². The summed E-state index contributed by atoms with van der Waals surface area (Å²) in [6.07, 6.45) is -1.57. The predicted octanol–water partition coefficient (Wildman–Crippen LogP) is 0.623. The summed E-state index contributed by atoms with van der Waals surface area (Å²) in [7, 11) is 0. The molecule has 0 aromatic heterocycles. The van der Waals surface area contributed by atoms with Gasteiger partial charge in [-0.2, -0.15) is 0 Å². The van der Waals surface area contributed by atoms with Crippen LogP contribution in [0.2, 0.25) is 0 Å². The van der Waals surface area contributed by atoms with Crippen molar-refractivity contribution in [3.05, 3.63) is 48.0 Å². The smallest absolute Gasteiger partial charge is 0.119 e. The van der Waals surface area contributed by atoms with Crippen molar-refractivity contribution in [3.8, 4) is 0 Å². The lowest BCUT2D eigenvalue weighted by atomic mass is 10.0. The quantitative estimate of drug-likeness (QED) is 0.774. The molecule has 0 saturated heterocycles. The molecule has 0 aliphatic rings. The molecule has 76 valence electrons. The van der Waals surface area contributed by atoms with Crippen molar-refractivity contribution in [2.75, 3.05) is 0 Å². The van der Waals surface area contributed by atoms with E-state index in [1.165, 1.54) is 0 Å². The number of benzene rings is 2. The topological polar surface area (TPSA) is 60.4 Å². The summed E-state index contributed by atoms with van der Waals surface area (Å²) >= 11 is 0.